The molecule has 1 aromatic carbocycles. The van der Waals surface area contributed by atoms with Crippen LogP contribution in [0.5, 0.6) is 0 Å². The number of rotatable bonds is 7. The van der Waals surface area contributed by atoms with Crippen LogP contribution in [0.25, 0.3) is 0 Å². The van der Waals surface area contributed by atoms with Crippen molar-refractivity contribution in [1.82, 2.24) is 5.32 Å². The molecule has 0 radical (unpaired) electrons. The summed E-state index contributed by atoms with van der Waals surface area (Å²) in [5.74, 6) is -0.775. The summed E-state index contributed by atoms with van der Waals surface area (Å²) in [5, 5.41) is 3.74. The van der Waals surface area contributed by atoms with Crippen molar-refractivity contribution in [3.8, 4) is 0 Å². The monoisotopic (exact) mass is 367 g/mol. The van der Waals surface area contributed by atoms with Crippen molar-refractivity contribution < 1.29 is 19.1 Å². The van der Waals surface area contributed by atoms with Gasteiger partial charge in [0.2, 0.25) is 0 Å². The second-order valence-electron chi connectivity index (χ2n) is 6.62. The summed E-state index contributed by atoms with van der Waals surface area (Å²) in [6.45, 7) is 9.22. The number of carbonyl (C=O) groups is 2. The van der Waals surface area contributed by atoms with Gasteiger partial charge in [-0.05, 0) is 52.3 Å². The molecule has 1 N–H and O–H groups in total. The minimum Gasteiger partial charge on any atom is -0.466 e. The van der Waals surface area contributed by atoms with Crippen molar-refractivity contribution in [2.24, 2.45) is 0 Å². The quantitative estimate of drug-likeness (QED) is 0.578. The number of benzene rings is 1. The molecular formula is C19H26ClNO4. The van der Waals surface area contributed by atoms with E-state index in [1.54, 1.807) is 46.8 Å². The maximum Gasteiger partial charge on any atom is 0.333 e. The Morgan fingerprint density at radius 2 is 2.00 bits per heavy atom. The summed E-state index contributed by atoms with van der Waals surface area (Å²) in [6.07, 6.45) is 1.49. The Labute approximate surface area is 154 Å². The minimum absolute atomic E-state index is 0.119. The first-order valence-electron chi connectivity index (χ1n) is 8.19. The zero-order valence-electron chi connectivity index (χ0n) is 15.4. The first-order valence-corrected chi connectivity index (χ1v) is 8.57. The molecule has 25 heavy (non-hydrogen) atoms. The third-order valence-electron chi connectivity index (χ3n) is 3.07. The first kappa shape index (κ1) is 21.0. The van der Waals surface area contributed by atoms with Gasteiger partial charge in [0, 0.05) is 16.8 Å². The number of halogens is 1. The summed E-state index contributed by atoms with van der Waals surface area (Å²) in [5.41, 5.74) is 0.853. The lowest BCUT2D eigenvalue weighted by Crippen LogP contribution is -2.26. The Morgan fingerprint density at radius 1 is 1.32 bits per heavy atom. The van der Waals surface area contributed by atoms with Crippen LogP contribution in [0.15, 0.2) is 36.0 Å². The standard InChI is InChI=1S/C19H26ClNO4/c1-6-24-17(22)12-16(14-8-7-9-15(20)11-14)21-13(2)10-18(23)25-19(3,4)5/h7-11,16,21H,6,12H2,1-5H3/b13-10-. The van der Waals surface area contributed by atoms with Gasteiger partial charge in [0.05, 0.1) is 19.1 Å². The number of allylic oxidation sites excluding steroid dienone is 1. The molecule has 1 rings (SSSR count). The molecule has 1 aromatic rings. The summed E-state index contributed by atoms with van der Waals surface area (Å²) in [6, 6.07) is 6.85. The van der Waals surface area contributed by atoms with Crippen LogP contribution in [0.1, 0.15) is 52.6 Å². The molecule has 1 atom stereocenters. The van der Waals surface area contributed by atoms with Gasteiger partial charge in [-0.25, -0.2) is 4.79 Å². The molecule has 1 unspecified atom stereocenters. The fourth-order valence-corrected chi connectivity index (χ4v) is 2.39. The Hall–Kier alpha value is -2.01. The number of hydrogen-bond donors (Lipinski definition) is 1. The third kappa shape index (κ3) is 8.59. The molecule has 0 spiro atoms. The average molecular weight is 368 g/mol. The lowest BCUT2D eigenvalue weighted by Gasteiger charge is -2.21. The summed E-state index contributed by atoms with van der Waals surface area (Å²) >= 11 is 6.05. The van der Waals surface area contributed by atoms with Gasteiger partial charge in [-0.2, -0.15) is 0 Å². The summed E-state index contributed by atoms with van der Waals surface area (Å²) in [4.78, 5) is 23.8. The maximum atomic E-state index is 11.9. The lowest BCUT2D eigenvalue weighted by molar-refractivity contribution is -0.148. The van der Waals surface area contributed by atoms with E-state index in [2.05, 4.69) is 5.32 Å². The number of esters is 2. The Kier molecular flexibility index (Phi) is 7.97. The highest BCUT2D eigenvalue weighted by Gasteiger charge is 2.19. The lowest BCUT2D eigenvalue weighted by atomic mass is 10.0. The van der Waals surface area contributed by atoms with Crippen molar-refractivity contribution in [3.63, 3.8) is 0 Å². The zero-order chi connectivity index (χ0) is 19.0. The topological polar surface area (TPSA) is 64.6 Å². The van der Waals surface area contributed by atoms with Crippen LogP contribution < -0.4 is 5.32 Å². The summed E-state index contributed by atoms with van der Waals surface area (Å²) in [7, 11) is 0. The third-order valence-corrected chi connectivity index (χ3v) is 3.31. The minimum atomic E-state index is -0.564. The fourth-order valence-electron chi connectivity index (χ4n) is 2.19. The Bertz CT molecular complexity index is 635. The SMILES string of the molecule is CCOC(=O)CC(N/C(C)=C\C(=O)OC(C)(C)C)c1cccc(Cl)c1. The van der Waals surface area contributed by atoms with Crippen LogP contribution in [-0.4, -0.2) is 24.1 Å². The fraction of sp³-hybridized carbons (Fsp3) is 0.474. The van der Waals surface area contributed by atoms with E-state index in [4.69, 9.17) is 21.1 Å². The van der Waals surface area contributed by atoms with Gasteiger partial charge in [0.1, 0.15) is 5.60 Å². The Morgan fingerprint density at radius 3 is 2.56 bits per heavy atom. The molecule has 0 aliphatic rings. The molecule has 0 aliphatic heterocycles. The predicted octanol–water partition coefficient (Wildman–Crippen LogP) is 4.17. The number of carbonyl (C=O) groups excluding carboxylic acids is 2. The molecule has 0 fully saturated rings. The van der Waals surface area contributed by atoms with Crippen LogP contribution in [0.4, 0.5) is 0 Å². The van der Waals surface area contributed by atoms with E-state index in [1.165, 1.54) is 6.08 Å². The second-order valence-corrected chi connectivity index (χ2v) is 7.06. The van der Waals surface area contributed by atoms with Crippen LogP contribution in [0.3, 0.4) is 0 Å². The van der Waals surface area contributed by atoms with Crippen LogP contribution in [0, 0.1) is 0 Å². The van der Waals surface area contributed by atoms with Crippen molar-refractivity contribution >= 4 is 23.5 Å². The van der Waals surface area contributed by atoms with Gasteiger partial charge in [0.15, 0.2) is 0 Å². The second kappa shape index (κ2) is 9.47. The summed E-state index contributed by atoms with van der Waals surface area (Å²) < 4.78 is 10.3. The van der Waals surface area contributed by atoms with Crippen LogP contribution in [-0.2, 0) is 19.1 Å². The zero-order valence-corrected chi connectivity index (χ0v) is 16.1. The van der Waals surface area contributed by atoms with Crippen molar-refractivity contribution in [3.05, 3.63) is 46.6 Å². The van der Waals surface area contributed by atoms with Gasteiger partial charge >= 0.3 is 11.9 Å². The van der Waals surface area contributed by atoms with Gasteiger partial charge in [-0.3, -0.25) is 4.79 Å². The molecule has 138 valence electrons. The predicted molar refractivity (Wildman–Crippen MR) is 98.2 cm³/mol. The van der Waals surface area contributed by atoms with Crippen molar-refractivity contribution in [2.75, 3.05) is 6.61 Å². The molecule has 0 saturated heterocycles. The molecule has 0 aliphatic carbocycles. The number of ether oxygens (including phenoxy) is 2. The number of nitrogens with one attached hydrogen (secondary N) is 1. The largest absolute Gasteiger partial charge is 0.466 e. The highest BCUT2D eigenvalue weighted by Crippen LogP contribution is 2.22. The normalized spacial score (nSPS) is 13.1. The van der Waals surface area contributed by atoms with Gasteiger partial charge < -0.3 is 14.8 Å². The highest BCUT2D eigenvalue weighted by molar-refractivity contribution is 6.30. The molecule has 0 aromatic heterocycles. The van der Waals surface area contributed by atoms with E-state index in [1.807, 2.05) is 12.1 Å². The molecule has 0 heterocycles. The first-order chi connectivity index (χ1) is 11.6. The van der Waals surface area contributed by atoms with E-state index >= 15 is 0 Å². The molecular weight excluding hydrogens is 342 g/mol. The van der Waals surface area contributed by atoms with Gasteiger partial charge in [-0.1, -0.05) is 23.7 Å². The molecule has 0 bridgehead atoms. The van der Waals surface area contributed by atoms with Crippen LogP contribution >= 0.6 is 11.6 Å². The highest BCUT2D eigenvalue weighted by atomic mass is 35.5. The molecule has 5 nitrogen and oxygen atoms in total. The molecule has 0 saturated carbocycles. The van der Waals surface area contributed by atoms with E-state index < -0.39 is 11.6 Å². The molecule has 0 amide bonds. The van der Waals surface area contributed by atoms with E-state index in [0.29, 0.717) is 17.3 Å². The Balaban J connectivity index is 2.92. The van der Waals surface area contributed by atoms with Crippen molar-refractivity contribution in [2.45, 2.75) is 52.7 Å². The average Bonchev–Trinajstić information content (AvgIpc) is 2.44. The van der Waals surface area contributed by atoms with E-state index in [9.17, 15) is 9.59 Å². The maximum absolute atomic E-state index is 11.9. The van der Waals surface area contributed by atoms with E-state index in [0.717, 1.165) is 5.56 Å². The van der Waals surface area contributed by atoms with E-state index in [-0.39, 0.29) is 18.4 Å². The smallest absolute Gasteiger partial charge is 0.333 e. The van der Waals surface area contributed by atoms with Gasteiger partial charge in [-0.15, -0.1) is 0 Å². The van der Waals surface area contributed by atoms with Crippen LogP contribution in [0.2, 0.25) is 5.02 Å². The number of hydrogen-bond acceptors (Lipinski definition) is 5. The van der Waals surface area contributed by atoms with Gasteiger partial charge in [0.25, 0.3) is 0 Å². The molecule has 6 heteroatoms. The van der Waals surface area contributed by atoms with Crippen molar-refractivity contribution in [1.29, 1.82) is 0 Å².